The molecule has 3 heterocycles. The maximum atomic E-state index is 11.9. The van der Waals surface area contributed by atoms with Gasteiger partial charge in [-0.15, -0.1) is 0 Å². The Bertz CT molecular complexity index is 818. The number of alkyl carbamates (subject to hydrolysis) is 1. The second-order valence-electron chi connectivity index (χ2n) is 7.35. The number of ether oxygens (including phenoxy) is 1. The molecule has 0 radical (unpaired) electrons. The van der Waals surface area contributed by atoms with Crippen LogP contribution >= 0.6 is 0 Å². The number of piperidine rings is 1. The predicted octanol–water partition coefficient (Wildman–Crippen LogP) is 2.74. The van der Waals surface area contributed by atoms with Gasteiger partial charge in [-0.3, -0.25) is 0 Å². The van der Waals surface area contributed by atoms with Gasteiger partial charge in [0.05, 0.1) is 6.20 Å². The summed E-state index contributed by atoms with van der Waals surface area (Å²) in [5.74, 6) is 0.344. The largest absolute Gasteiger partial charge is 0.444 e. The molecule has 1 aliphatic heterocycles. The summed E-state index contributed by atoms with van der Waals surface area (Å²) >= 11 is 0. The van der Waals surface area contributed by atoms with Gasteiger partial charge < -0.3 is 25.1 Å². The number of hydrogen-bond donors (Lipinski definition) is 1. The van der Waals surface area contributed by atoms with Crippen LogP contribution in [0.5, 0.6) is 0 Å². The first kappa shape index (κ1) is 18.0. The van der Waals surface area contributed by atoms with Crippen molar-refractivity contribution in [1.82, 2.24) is 14.7 Å². The van der Waals surface area contributed by atoms with E-state index in [4.69, 9.17) is 4.74 Å². The maximum absolute atomic E-state index is 11.9. The van der Waals surface area contributed by atoms with Crippen LogP contribution in [-0.4, -0.2) is 45.1 Å². The van der Waals surface area contributed by atoms with Crippen LogP contribution in [-0.2, 0) is 4.74 Å². The second kappa shape index (κ2) is 6.81. The molecule has 0 bridgehead atoms. The van der Waals surface area contributed by atoms with Gasteiger partial charge in [0.1, 0.15) is 5.60 Å². The van der Waals surface area contributed by atoms with E-state index >= 15 is 0 Å². The van der Waals surface area contributed by atoms with Crippen molar-refractivity contribution in [2.24, 2.45) is 0 Å². The van der Waals surface area contributed by atoms with E-state index in [9.17, 15) is 14.9 Å². The fraction of sp³-hybridized carbons (Fsp3) is 0.529. The zero-order chi connectivity index (χ0) is 18.9. The number of amides is 1. The van der Waals surface area contributed by atoms with E-state index in [0.29, 0.717) is 37.4 Å². The number of carbonyl (C=O) groups excluding carboxylic acids is 1. The molecular weight excluding hydrogens is 338 g/mol. The number of carbonyl (C=O) groups is 1. The van der Waals surface area contributed by atoms with Crippen molar-refractivity contribution in [3.05, 3.63) is 34.5 Å². The highest BCUT2D eigenvalue weighted by atomic mass is 16.6. The summed E-state index contributed by atoms with van der Waals surface area (Å²) in [5.41, 5.74) is 0.00489. The number of nitro groups is 1. The Morgan fingerprint density at radius 3 is 2.65 bits per heavy atom. The van der Waals surface area contributed by atoms with Gasteiger partial charge in [-0.2, -0.15) is 9.38 Å². The van der Waals surface area contributed by atoms with Crippen molar-refractivity contribution >= 4 is 23.4 Å². The lowest BCUT2D eigenvalue weighted by Gasteiger charge is -2.32. The topological polar surface area (TPSA) is 102 Å². The minimum absolute atomic E-state index is 0.0165. The molecule has 9 heteroatoms. The molecule has 1 amide bonds. The number of pyridine rings is 1. The average Bonchev–Trinajstić information content (AvgIpc) is 2.93. The first-order chi connectivity index (χ1) is 12.2. The summed E-state index contributed by atoms with van der Waals surface area (Å²) in [6.45, 7) is 6.60. The lowest BCUT2D eigenvalue weighted by Crippen LogP contribution is -2.46. The normalized spacial score (nSPS) is 15.9. The van der Waals surface area contributed by atoms with Gasteiger partial charge in [-0.1, -0.05) is 6.07 Å². The van der Waals surface area contributed by atoms with Gasteiger partial charge in [0.25, 0.3) is 0 Å². The monoisotopic (exact) mass is 361 g/mol. The smallest absolute Gasteiger partial charge is 0.407 e. The van der Waals surface area contributed by atoms with Crippen molar-refractivity contribution in [2.75, 3.05) is 18.0 Å². The van der Waals surface area contributed by atoms with Crippen LogP contribution < -0.4 is 10.2 Å². The second-order valence-corrected chi connectivity index (χ2v) is 7.35. The number of imidazole rings is 1. The molecule has 1 fully saturated rings. The SMILES string of the molecule is CC(C)(C)OC(=O)NC1CCN(c2nc3ccccn3c2[N+](=O)[O-])CC1. The minimum atomic E-state index is -0.540. The zero-order valence-electron chi connectivity index (χ0n) is 15.1. The van der Waals surface area contributed by atoms with Gasteiger partial charge in [-0.05, 0) is 44.6 Å². The average molecular weight is 361 g/mol. The van der Waals surface area contributed by atoms with Gasteiger partial charge in [-0.25, -0.2) is 4.79 Å². The van der Waals surface area contributed by atoms with Crippen molar-refractivity contribution in [1.29, 1.82) is 0 Å². The summed E-state index contributed by atoms with van der Waals surface area (Å²) in [4.78, 5) is 29.3. The Hall–Kier alpha value is -2.84. The highest BCUT2D eigenvalue weighted by molar-refractivity contribution is 5.68. The van der Waals surface area contributed by atoms with Crippen LogP contribution in [0.3, 0.4) is 0 Å². The number of fused-ring (bicyclic) bond motifs is 1. The third-order valence-electron chi connectivity index (χ3n) is 4.18. The molecule has 0 unspecified atom stereocenters. The third-order valence-corrected chi connectivity index (χ3v) is 4.18. The standard InChI is InChI=1S/C17H23N5O4/c1-17(2,3)26-16(23)18-12-7-10-20(11-8-12)14-15(22(24)25)21-9-5-4-6-13(21)19-14/h4-6,9,12H,7-8,10-11H2,1-3H3,(H,18,23). The van der Waals surface area contributed by atoms with Crippen LogP contribution in [0, 0.1) is 10.1 Å². The van der Waals surface area contributed by atoms with Crippen LogP contribution in [0.1, 0.15) is 33.6 Å². The van der Waals surface area contributed by atoms with E-state index < -0.39 is 16.6 Å². The Morgan fingerprint density at radius 2 is 2.04 bits per heavy atom. The molecule has 1 saturated heterocycles. The number of aromatic nitrogens is 2. The van der Waals surface area contributed by atoms with Crippen molar-refractivity contribution in [2.45, 2.75) is 45.3 Å². The summed E-state index contributed by atoms with van der Waals surface area (Å²) < 4.78 is 6.76. The predicted molar refractivity (Wildman–Crippen MR) is 96.5 cm³/mol. The molecular formula is C17H23N5O4. The van der Waals surface area contributed by atoms with Crippen molar-refractivity contribution < 1.29 is 14.5 Å². The first-order valence-corrected chi connectivity index (χ1v) is 8.60. The molecule has 2 aromatic heterocycles. The molecule has 1 aliphatic rings. The van der Waals surface area contributed by atoms with E-state index in [2.05, 4.69) is 10.3 Å². The number of hydrogen-bond acceptors (Lipinski definition) is 6. The number of nitrogens with zero attached hydrogens (tertiary/aromatic N) is 4. The van der Waals surface area contributed by atoms with Crippen molar-refractivity contribution in [3.63, 3.8) is 0 Å². The van der Waals surface area contributed by atoms with Gasteiger partial charge in [0, 0.05) is 25.2 Å². The molecule has 3 rings (SSSR count). The van der Waals surface area contributed by atoms with Gasteiger partial charge in [0.2, 0.25) is 11.5 Å². The molecule has 26 heavy (non-hydrogen) atoms. The quantitative estimate of drug-likeness (QED) is 0.666. The summed E-state index contributed by atoms with van der Waals surface area (Å²) in [6, 6.07) is 5.26. The summed E-state index contributed by atoms with van der Waals surface area (Å²) in [6.07, 6.45) is 2.55. The molecule has 1 N–H and O–H groups in total. The third kappa shape index (κ3) is 3.87. The number of rotatable bonds is 3. The summed E-state index contributed by atoms with van der Waals surface area (Å²) in [7, 11) is 0. The van der Waals surface area contributed by atoms with E-state index in [0.717, 1.165) is 0 Å². The Morgan fingerprint density at radius 1 is 1.35 bits per heavy atom. The van der Waals surface area contributed by atoms with Crippen LogP contribution in [0.4, 0.5) is 16.4 Å². The van der Waals surface area contributed by atoms with Gasteiger partial charge >= 0.3 is 11.9 Å². The van der Waals surface area contributed by atoms with Gasteiger partial charge in [0.15, 0.2) is 0 Å². The molecule has 0 atom stereocenters. The van der Waals surface area contributed by atoms with E-state index in [1.807, 2.05) is 25.7 Å². The fourth-order valence-corrected chi connectivity index (χ4v) is 3.06. The maximum Gasteiger partial charge on any atom is 0.407 e. The Balaban J connectivity index is 1.69. The highest BCUT2D eigenvalue weighted by Gasteiger charge is 2.30. The first-order valence-electron chi connectivity index (χ1n) is 8.60. The highest BCUT2D eigenvalue weighted by Crippen LogP contribution is 2.30. The number of nitrogens with one attached hydrogen (secondary N) is 1. The minimum Gasteiger partial charge on any atom is -0.444 e. The fourth-order valence-electron chi connectivity index (χ4n) is 3.06. The molecule has 9 nitrogen and oxygen atoms in total. The van der Waals surface area contributed by atoms with E-state index in [1.54, 1.807) is 24.4 Å². The molecule has 0 aliphatic carbocycles. The summed E-state index contributed by atoms with van der Waals surface area (Å²) in [5, 5.41) is 14.4. The Kier molecular flexibility index (Phi) is 4.71. The lowest BCUT2D eigenvalue weighted by molar-refractivity contribution is -0.389. The zero-order valence-corrected chi connectivity index (χ0v) is 15.1. The Labute approximate surface area is 151 Å². The molecule has 0 aromatic carbocycles. The molecule has 2 aromatic rings. The lowest BCUT2D eigenvalue weighted by atomic mass is 10.1. The van der Waals surface area contributed by atoms with E-state index in [-0.39, 0.29) is 11.9 Å². The van der Waals surface area contributed by atoms with Crippen LogP contribution in [0.15, 0.2) is 24.4 Å². The van der Waals surface area contributed by atoms with Crippen LogP contribution in [0.25, 0.3) is 5.65 Å². The molecule has 140 valence electrons. The van der Waals surface area contributed by atoms with Crippen molar-refractivity contribution in [3.8, 4) is 0 Å². The molecule has 0 saturated carbocycles. The molecule has 0 spiro atoms. The van der Waals surface area contributed by atoms with E-state index in [1.165, 1.54) is 4.40 Å². The number of anilines is 1. The van der Waals surface area contributed by atoms with Crippen LogP contribution in [0.2, 0.25) is 0 Å².